The molecule has 1 N–H and O–H groups in total. The van der Waals surface area contributed by atoms with Crippen LogP contribution in [0.1, 0.15) is 25.3 Å². The second-order valence-corrected chi connectivity index (χ2v) is 6.03. The maximum atomic E-state index is 5.53. The van der Waals surface area contributed by atoms with Crippen LogP contribution in [0.2, 0.25) is 0 Å². The van der Waals surface area contributed by atoms with Gasteiger partial charge in [-0.2, -0.15) is 0 Å². The molecule has 4 nitrogen and oxygen atoms in total. The molecule has 1 aliphatic heterocycles. The van der Waals surface area contributed by atoms with Gasteiger partial charge in [0.2, 0.25) is 5.13 Å². The second-order valence-electron chi connectivity index (χ2n) is 3.75. The van der Waals surface area contributed by atoms with Crippen molar-refractivity contribution >= 4 is 28.2 Å². The van der Waals surface area contributed by atoms with Gasteiger partial charge < -0.3 is 10.1 Å². The third kappa shape index (κ3) is 3.09. The van der Waals surface area contributed by atoms with Gasteiger partial charge in [0.1, 0.15) is 5.01 Å². The average Bonchev–Trinajstić information content (AvgIpc) is 2.86. The van der Waals surface area contributed by atoms with Gasteiger partial charge >= 0.3 is 0 Å². The zero-order valence-corrected chi connectivity index (χ0v) is 11.2. The van der Waals surface area contributed by atoms with E-state index in [9.17, 15) is 0 Å². The highest BCUT2D eigenvalue weighted by Gasteiger charge is 2.24. The maximum Gasteiger partial charge on any atom is 0.205 e. The van der Waals surface area contributed by atoms with Gasteiger partial charge in [-0.05, 0) is 20.3 Å². The Labute approximate surface area is 104 Å². The molecular formula is C10H17N3OS2. The van der Waals surface area contributed by atoms with Crippen molar-refractivity contribution in [3.05, 3.63) is 5.01 Å². The van der Waals surface area contributed by atoms with E-state index in [1.54, 1.807) is 11.3 Å². The summed E-state index contributed by atoms with van der Waals surface area (Å²) in [7, 11) is 0. The van der Waals surface area contributed by atoms with Crippen LogP contribution in [-0.4, -0.2) is 34.7 Å². The Kier molecular flexibility index (Phi) is 4.43. The fraction of sp³-hybridized carbons (Fsp3) is 0.800. The molecule has 2 heterocycles. The number of thioether (sulfide) groups is 1. The van der Waals surface area contributed by atoms with Crippen LogP contribution in [0.4, 0.5) is 5.13 Å². The lowest BCUT2D eigenvalue weighted by molar-refractivity contribution is 0.127. The summed E-state index contributed by atoms with van der Waals surface area (Å²) in [6.07, 6.45) is 1.54. The van der Waals surface area contributed by atoms with Gasteiger partial charge in [0.05, 0.1) is 6.10 Å². The number of ether oxygens (including phenoxy) is 1. The molecule has 1 aliphatic rings. The molecule has 1 aromatic heterocycles. The van der Waals surface area contributed by atoms with Gasteiger partial charge in [-0.1, -0.05) is 11.3 Å². The highest BCUT2D eigenvalue weighted by molar-refractivity contribution is 7.99. The molecule has 0 amide bonds. The van der Waals surface area contributed by atoms with E-state index in [1.165, 1.54) is 0 Å². The molecule has 6 heteroatoms. The van der Waals surface area contributed by atoms with E-state index in [4.69, 9.17) is 4.74 Å². The number of rotatable bonds is 5. The van der Waals surface area contributed by atoms with E-state index in [2.05, 4.69) is 29.4 Å². The van der Waals surface area contributed by atoms with Gasteiger partial charge in [0.25, 0.3) is 0 Å². The monoisotopic (exact) mass is 259 g/mol. The number of aromatic nitrogens is 2. The molecule has 0 saturated carbocycles. The van der Waals surface area contributed by atoms with Crippen LogP contribution in [0.3, 0.4) is 0 Å². The SMILES string of the molecule is CCNc1nnc(CSC2CCOC2C)s1. The largest absolute Gasteiger partial charge is 0.377 e. The highest BCUT2D eigenvalue weighted by Crippen LogP contribution is 2.30. The first-order valence-electron chi connectivity index (χ1n) is 5.59. The Morgan fingerprint density at radius 2 is 2.44 bits per heavy atom. The molecule has 0 aromatic carbocycles. The first-order valence-corrected chi connectivity index (χ1v) is 7.45. The lowest BCUT2D eigenvalue weighted by Gasteiger charge is -2.11. The van der Waals surface area contributed by atoms with E-state index < -0.39 is 0 Å². The van der Waals surface area contributed by atoms with Gasteiger partial charge in [0.15, 0.2) is 0 Å². The second kappa shape index (κ2) is 5.84. The first kappa shape index (κ1) is 12.1. The van der Waals surface area contributed by atoms with Crippen molar-refractivity contribution in [2.24, 2.45) is 0 Å². The Morgan fingerprint density at radius 3 is 3.12 bits per heavy atom. The van der Waals surface area contributed by atoms with Gasteiger partial charge in [-0.15, -0.1) is 22.0 Å². The van der Waals surface area contributed by atoms with E-state index in [-0.39, 0.29) is 0 Å². The van der Waals surface area contributed by atoms with Crippen molar-refractivity contribution in [3.63, 3.8) is 0 Å². The van der Waals surface area contributed by atoms with Gasteiger partial charge in [-0.3, -0.25) is 0 Å². The van der Waals surface area contributed by atoms with Crippen molar-refractivity contribution in [3.8, 4) is 0 Å². The molecule has 0 radical (unpaired) electrons. The Balaban J connectivity index is 1.80. The third-order valence-electron chi connectivity index (χ3n) is 2.52. The van der Waals surface area contributed by atoms with Crippen molar-refractivity contribution in [2.75, 3.05) is 18.5 Å². The molecule has 2 rings (SSSR count). The Morgan fingerprint density at radius 1 is 1.56 bits per heavy atom. The fourth-order valence-corrected chi connectivity index (χ4v) is 3.71. The lowest BCUT2D eigenvalue weighted by atomic mass is 10.3. The summed E-state index contributed by atoms with van der Waals surface area (Å²) < 4.78 is 5.53. The summed E-state index contributed by atoms with van der Waals surface area (Å²) in [4.78, 5) is 0. The molecule has 2 unspecified atom stereocenters. The number of anilines is 1. The van der Waals surface area contributed by atoms with Crippen LogP contribution in [0.5, 0.6) is 0 Å². The Hall–Kier alpha value is -0.330. The minimum Gasteiger partial charge on any atom is -0.377 e. The molecule has 0 bridgehead atoms. The van der Waals surface area contributed by atoms with Crippen molar-refractivity contribution in [1.29, 1.82) is 0 Å². The minimum atomic E-state index is 0.381. The summed E-state index contributed by atoms with van der Waals surface area (Å²) >= 11 is 3.58. The summed E-state index contributed by atoms with van der Waals surface area (Å²) in [5.41, 5.74) is 0. The summed E-state index contributed by atoms with van der Waals surface area (Å²) in [6, 6.07) is 0. The highest BCUT2D eigenvalue weighted by atomic mass is 32.2. The van der Waals surface area contributed by atoms with Crippen molar-refractivity contribution < 1.29 is 4.74 Å². The third-order valence-corrected chi connectivity index (χ3v) is 5.07. The van der Waals surface area contributed by atoms with E-state index in [1.807, 2.05) is 11.8 Å². The maximum absolute atomic E-state index is 5.53. The van der Waals surface area contributed by atoms with Crippen LogP contribution in [-0.2, 0) is 10.5 Å². The predicted octanol–water partition coefficient (Wildman–Crippen LogP) is 2.38. The van der Waals surface area contributed by atoms with Gasteiger partial charge in [0, 0.05) is 24.2 Å². The van der Waals surface area contributed by atoms with E-state index >= 15 is 0 Å². The van der Waals surface area contributed by atoms with E-state index in [0.29, 0.717) is 11.4 Å². The molecule has 0 aliphatic carbocycles. The van der Waals surface area contributed by atoms with Crippen LogP contribution in [0.15, 0.2) is 0 Å². The standard InChI is InChI=1S/C10H17N3OS2/c1-3-11-10-13-12-9(16-10)6-15-8-4-5-14-7(8)2/h7-8H,3-6H2,1-2H3,(H,11,13). The van der Waals surface area contributed by atoms with Crippen LogP contribution in [0.25, 0.3) is 0 Å². The van der Waals surface area contributed by atoms with E-state index in [0.717, 1.165) is 35.5 Å². The summed E-state index contributed by atoms with van der Waals surface area (Å²) in [6.45, 7) is 6.01. The fourth-order valence-electron chi connectivity index (χ4n) is 1.64. The van der Waals surface area contributed by atoms with Gasteiger partial charge in [-0.25, -0.2) is 0 Å². The van der Waals surface area contributed by atoms with Crippen molar-refractivity contribution in [1.82, 2.24) is 10.2 Å². The minimum absolute atomic E-state index is 0.381. The number of nitrogens with one attached hydrogen (secondary N) is 1. The zero-order chi connectivity index (χ0) is 11.4. The lowest BCUT2D eigenvalue weighted by Crippen LogP contribution is -2.13. The number of hydrogen-bond acceptors (Lipinski definition) is 6. The van der Waals surface area contributed by atoms with Crippen LogP contribution < -0.4 is 5.32 Å². The Bertz CT molecular complexity index is 332. The van der Waals surface area contributed by atoms with Crippen LogP contribution in [0, 0.1) is 0 Å². The van der Waals surface area contributed by atoms with Crippen LogP contribution >= 0.6 is 23.1 Å². The molecular weight excluding hydrogens is 242 g/mol. The summed E-state index contributed by atoms with van der Waals surface area (Å²) in [5.74, 6) is 0.946. The number of nitrogens with zero attached hydrogens (tertiary/aromatic N) is 2. The molecule has 1 saturated heterocycles. The molecule has 90 valence electrons. The molecule has 1 aromatic rings. The average molecular weight is 259 g/mol. The van der Waals surface area contributed by atoms with Crippen molar-refractivity contribution in [2.45, 2.75) is 37.4 Å². The normalized spacial score (nSPS) is 24.9. The molecule has 0 spiro atoms. The molecule has 16 heavy (non-hydrogen) atoms. The first-order chi connectivity index (χ1) is 7.79. The smallest absolute Gasteiger partial charge is 0.205 e. The predicted molar refractivity (Wildman–Crippen MR) is 69.2 cm³/mol. The zero-order valence-electron chi connectivity index (χ0n) is 9.60. The molecule has 1 fully saturated rings. The number of hydrogen-bond donors (Lipinski definition) is 1. The molecule has 2 atom stereocenters. The topological polar surface area (TPSA) is 47.0 Å². The summed E-state index contributed by atoms with van der Waals surface area (Å²) in [5, 5.41) is 14.1. The quantitative estimate of drug-likeness (QED) is 0.879.